The summed E-state index contributed by atoms with van der Waals surface area (Å²) in [5.41, 5.74) is 2.46. The van der Waals surface area contributed by atoms with Crippen LogP contribution in [-0.4, -0.2) is 31.3 Å². The fourth-order valence-electron chi connectivity index (χ4n) is 2.64. The number of hydrogen-bond donors (Lipinski definition) is 1. The van der Waals surface area contributed by atoms with E-state index in [0.717, 1.165) is 16.7 Å². The summed E-state index contributed by atoms with van der Waals surface area (Å²) in [6.07, 6.45) is 0.412. The lowest BCUT2D eigenvalue weighted by Gasteiger charge is -2.08. The molecule has 0 aliphatic heterocycles. The lowest BCUT2D eigenvalue weighted by Crippen LogP contribution is -2.04. The van der Waals surface area contributed by atoms with Crippen molar-refractivity contribution in [3.05, 3.63) is 95.3 Å². The number of methoxy groups -OCH3 is 2. The van der Waals surface area contributed by atoms with Crippen LogP contribution in [0, 0.1) is 5.82 Å². The molecule has 0 saturated heterocycles. The lowest BCUT2D eigenvalue weighted by molar-refractivity contribution is -0.140. The number of benzene rings is 3. The summed E-state index contributed by atoms with van der Waals surface area (Å²) in [5.74, 6) is -0.0396. The molecule has 0 bridgehead atoms. The first-order valence-corrected chi connectivity index (χ1v) is 9.77. The molecule has 0 fully saturated rings. The highest BCUT2D eigenvalue weighted by Gasteiger charge is 2.04. The predicted molar refractivity (Wildman–Crippen MR) is 117 cm³/mol. The number of aromatic hydroxyl groups is 1. The molecule has 7 heteroatoms. The Balaban J connectivity index is 0.000000258. The number of esters is 2. The van der Waals surface area contributed by atoms with Crippen molar-refractivity contribution >= 4 is 11.9 Å². The van der Waals surface area contributed by atoms with Crippen LogP contribution in [0.5, 0.6) is 11.5 Å². The number of halogens is 1. The molecule has 6 nitrogen and oxygen atoms in total. The average Bonchev–Trinajstić information content (AvgIpc) is 2.79. The Morgan fingerprint density at radius 2 is 1.34 bits per heavy atom. The maximum atomic E-state index is 12.8. The molecule has 0 unspecified atom stereocenters. The van der Waals surface area contributed by atoms with Gasteiger partial charge in [-0.15, -0.1) is 0 Å². The van der Waals surface area contributed by atoms with Gasteiger partial charge in [-0.3, -0.25) is 9.59 Å². The van der Waals surface area contributed by atoms with Crippen molar-refractivity contribution in [2.75, 3.05) is 14.2 Å². The van der Waals surface area contributed by atoms with E-state index < -0.39 is 0 Å². The minimum atomic E-state index is -0.305. The van der Waals surface area contributed by atoms with Gasteiger partial charge in [-0.2, -0.15) is 0 Å². The summed E-state index contributed by atoms with van der Waals surface area (Å²) < 4.78 is 27.5. The Bertz CT molecular complexity index is 1020. The van der Waals surface area contributed by atoms with Gasteiger partial charge in [0.1, 0.15) is 23.9 Å². The number of rotatable bonds is 7. The van der Waals surface area contributed by atoms with Crippen molar-refractivity contribution in [2.24, 2.45) is 0 Å². The molecule has 1 N–H and O–H groups in total. The molecule has 168 valence electrons. The topological polar surface area (TPSA) is 82.1 Å². The molecule has 0 radical (unpaired) electrons. The minimum absolute atomic E-state index is 0.163. The fraction of sp³-hybridized carbons (Fsp3) is 0.200. The molecule has 0 atom stereocenters. The van der Waals surface area contributed by atoms with E-state index in [0.29, 0.717) is 12.4 Å². The molecule has 0 amide bonds. The van der Waals surface area contributed by atoms with Gasteiger partial charge in [0.2, 0.25) is 0 Å². The van der Waals surface area contributed by atoms with Crippen LogP contribution >= 0.6 is 0 Å². The highest BCUT2D eigenvalue weighted by atomic mass is 19.1. The molecule has 0 heterocycles. The van der Waals surface area contributed by atoms with E-state index in [1.807, 2.05) is 18.2 Å². The zero-order chi connectivity index (χ0) is 23.3. The first-order chi connectivity index (χ1) is 15.4. The number of hydrogen-bond acceptors (Lipinski definition) is 6. The van der Waals surface area contributed by atoms with Crippen LogP contribution in [0.2, 0.25) is 0 Å². The van der Waals surface area contributed by atoms with Crippen molar-refractivity contribution in [1.29, 1.82) is 0 Å². The molecule has 32 heavy (non-hydrogen) atoms. The van der Waals surface area contributed by atoms with Gasteiger partial charge in [-0.1, -0.05) is 36.4 Å². The van der Waals surface area contributed by atoms with Gasteiger partial charge in [0.15, 0.2) is 0 Å². The quantitative estimate of drug-likeness (QED) is 0.554. The van der Waals surface area contributed by atoms with Gasteiger partial charge < -0.3 is 19.3 Å². The largest absolute Gasteiger partial charge is 0.508 e. The van der Waals surface area contributed by atoms with E-state index in [9.17, 15) is 14.0 Å². The summed E-state index contributed by atoms with van der Waals surface area (Å²) >= 11 is 0. The molecule has 0 aliphatic rings. The monoisotopic (exact) mass is 440 g/mol. The zero-order valence-electron chi connectivity index (χ0n) is 17.9. The SMILES string of the molecule is COC(=O)Cc1cccc(O)c1.COC(=O)Cc1cccc(OCc2ccc(F)cc2)c1. The van der Waals surface area contributed by atoms with E-state index in [2.05, 4.69) is 9.47 Å². The lowest BCUT2D eigenvalue weighted by atomic mass is 10.1. The van der Waals surface area contributed by atoms with Crippen LogP contribution in [0.4, 0.5) is 4.39 Å². The van der Waals surface area contributed by atoms with Crippen molar-refractivity contribution in [3.8, 4) is 11.5 Å². The van der Waals surface area contributed by atoms with E-state index >= 15 is 0 Å². The maximum Gasteiger partial charge on any atom is 0.309 e. The molecule has 0 aromatic heterocycles. The van der Waals surface area contributed by atoms with Crippen LogP contribution in [0.15, 0.2) is 72.8 Å². The van der Waals surface area contributed by atoms with Crippen molar-refractivity contribution in [2.45, 2.75) is 19.4 Å². The second kappa shape index (κ2) is 12.7. The van der Waals surface area contributed by atoms with Crippen LogP contribution in [0.3, 0.4) is 0 Å². The second-order valence-electron chi connectivity index (χ2n) is 6.74. The maximum absolute atomic E-state index is 12.8. The molecule has 3 rings (SSSR count). The number of carbonyl (C=O) groups is 2. The third-order valence-corrected chi connectivity index (χ3v) is 4.28. The van der Waals surface area contributed by atoms with Gasteiger partial charge in [0.25, 0.3) is 0 Å². The molecule has 3 aromatic carbocycles. The van der Waals surface area contributed by atoms with Gasteiger partial charge in [-0.25, -0.2) is 4.39 Å². The van der Waals surface area contributed by atoms with Gasteiger partial charge in [-0.05, 0) is 53.1 Å². The predicted octanol–water partition coefficient (Wildman–Crippen LogP) is 4.23. The van der Waals surface area contributed by atoms with Gasteiger partial charge in [0, 0.05) is 0 Å². The van der Waals surface area contributed by atoms with E-state index in [4.69, 9.17) is 9.84 Å². The van der Waals surface area contributed by atoms with Crippen molar-refractivity contribution < 1.29 is 33.3 Å². The number of phenolic OH excluding ortho intramolecular Hbond substituents is 1. The second-order valence-corrected chi connectivity index (χ2v) is 6.74. The van der Waals surface area contributed by atoms with Crippen LogP contribution in [0.25, 0.3) is 0 Å². The van der Waals surface area contributed by atoms with Crippen molar-refractivity contribution in [1.82, 2.24) is 0 Å². The summed E-state index contributed by atoms with van der Waals surface area (Å²) in [6.45, 7) is 0.349. The smallest absolute Gasteiger partial charge is 0.309 e. The Morgan fingerprint density at radius 1 is 0.781 bits per heavy atom. The third kappa shape index (κ3) is 8.87. The Morgan fingerprint density at radius 3 is 1.91 bits per heavy atom. The standard InChI is InChI=1S/C16H15FO3.C9H10O3/c1-19-16(18)10-13-3-2-4-15(9-13)20-11-12-5-7-14(17)8-6-12;1-12-9(11)6-7-3-2-4-8(10)5-7/h2-9H,10-11H2,1H3;2-5,10H,6H2,1H3. The molecule has 0 aliphatic carbocycles. The van der Waals surface area contributed by atoms with Crippen LogP contribution in [0.1, 0.15) is 16.7 Å². The summed E-state index contributed by atoms with van der Waals surface area (Å²) in [6, 6.07) is 19.9. The Kier molecular flexibility index (Phi) is 9.71. The van der Waals surface area contributed by atoms with Crippen LogP contribution < -0.4 is 4.74 Å². The summed E-state index contributed by atoms with van der Waals surface area (Å²) in [4.78, 5) is 22.0. The van der Waals surface area contributed by atoms with Crippen LogP contribution in [-0.2, 0) is 38.5 Å². The molecular formula is C25H25FO6. The Hall–Kier alpha value is -3.87. The number of ether oxygens (including phenoxy) is 3. The third-order valence-electron chi connectivity index (χ3n) is 4.28. The highest BCUT2D eigenvalue weighted by Crippen LogP contribution is 2.16. The van der Waals surface area contributed by atoms with E-state index in [-0.39, 0.29) is 36.3 Å². The average molecular weight is 440 g/mol. The first kappa shape index (κ1) is 24.4. The minimum Gasteiger partial charge on any atom is -0.508 e. The summed E-state index contributed by atoms with van der Waals surface area (Å²) in [5, 5.41) is 9.05. The molecule has 3 aromatic rings. The molecule has 0 spiro atoms. The highest BCUT2D eigenvalue weighted by molar-refractivity contribution is 5.72. The molecule has 0 saturated carbocycles. The first-order valence-electron chi connectivity index (χ1n) is 9.77. The number of carbonyl (C=O) groups excluding carboxylic acids is 2. The van der Waals surface area contributed by atoms with Gasteiger partial charge >= 0.3 is 11.9 Å². The fourth-order valence-corrected chi connectivity index (χ4v) is 2.64. The van der Waals surface area contributed by atoms with Crippen molar-refractivity contribution in [3.63, 3.8) is 0 Å². The Labute approximate surface area is 186 Å². The number of phenols is 1. The summed E-state index contributed by atoms with van der Waals surface area (Å²) in [7, 11) is 2.70. The molecular weight excluding hydrogens is 415 g/mol. The van der Waals surface area contributed by atoms with E-state index in [1.54, 1.807) is 36.4 Å². The zero-order valence-corrected chi connectivity index (χ0v) is 17.9. The normalized spacial score (nSPS) is 9.84. The van der Waals surface area contributed by atoms with E-state index in [1.165, 1.54) is 32.4 Å². The van der Waals surface area contributed by atoms with Gasteiger partial charge in [0.05, 0.1) is 27.1 Å².